The molecule has 26 heavy (non-hydrogen) atoms. The standard InChI is InChI=1S/C19H21NO6/c1-23-15-9-14(10-16(24-2)18(15)25-3)19(22)26-12-17(21)20-11-13-7-5-4-6-8-13/h4-10H,11-12H2,1-3H3,(H,20,21). The van der Waals surface area contributed by atoms with Crippen molar-refractivity contribution in [2.75, 3.05) is 27.9 Å². The minimum Gasteiger partial charge on any atom is -0.493 e. The van der Waals surface area contributed by atoms with E-state index in [0.717, 1.165) is 5.56 Å². The first-order chi connectivity index (χ1) is 12.6. The smallest absolute Gasteiger partial charge is 0.338 e. The van der Waals surface area contributed by atoms with E-state index in [1.807, 2.05) is 30.3 Å². The van der Waals surface area contributed by atoms with Crippen molar-refractivity contribution in [3.05, 3.63) is 53.6 Å². The molecule has 2 aromatic carbocycles. The Labute approximate surface area is 151 Å². The highest BCUT2D eigenvalue weighted by atomic mass is 16.5. The summed E-state index contributed by atoms with van der Waals surface area (Å²) in [6.45, 7) is -0.0241. The summed E-state index contributed by atoms with van der Waals surface area (Å²) in [5.41, 5.74) is 1.15. The lowest BCUT2D eigenvalue weighted by atomic mass is 10.2. The van der Waals surface area contributed by atoms with Crippen molar-refractivity contribution in [3.8, 4) is 17.2 Å². The van der Waals surface area contributed by atoms with Gasteiger partial charge in [-0.15, -0.1) is 0 Å². The first-order valence-electron chi connectivity index (χ1n) is 7.86. The monoisotopic (exact) mass is 359 g/mol. The van der Waals surface area contributed by atoms with Gasteiger partial charge in [0.25, 0.3) is 5.91 Å². The number of esters is 1. The molecular formula is C19H21NO6. The van der Waals surface area contributed by atoms with Gasteiger partial charge < -0.3 is 24.3 Å². The van der Waals surface area contributed by atoms with Gasteiger partial charge in [0.15, 0.2) is 18.1 Å². The lowest BCUT2D eigenvalue weighted by molar-refractivity contribution is -0.124. The maximum atomic E-state index is 12.2. The Kier molecular flexibility index (Phi) is 6.84. The molecule has 1 amide bonds. The fraction of sp³-hybridized carbons (Fsp3) is 0.263. The Morgan fingerprint density at radius 2 is 1.54 bits per heavy atom. The topological polar surface area (TPSA) is 83.1 Å². The zero-order valence-electron chi connectivity index (χ0n) is 14.9. The zero-order chi connectivity index (χ0) is 18.9. The van der Waals surface area contributed by atoms with Gasteiger partial charge in [0.05, 0.1) is 26.9 Å². The number of methoxy groups -OCH3 is 3. The maximum Gasteiger partial charge on any atom is 0.338 e. The van der Waals surface area contributed by atoms with Crippen LogP contribution >= 0.6 is 0 Å². The lowest BCUT2D eigenvalue weighted by Gasteiger charge is -2.13. The molecule has 0 spiro atoms. The van der Waals surface area contributed by atoms with Gasteiger partial charge in [-0.3, -0.25) is 4.79 Å². The van der Waals surface area contributed by atoms with Gasteiger partial charge in [0, 0.05) is 6.54 Å². The second kappa shape index (κ2) is 9.31. The van der Waals surface area contributed by atoms with Crippen LogP contribution in [-0.4, -0.2) is 39.8 Å². The van der Waals surface area contributed by atoms with Crippen LogP contribution in [0.4, 0.5) is 0 Å². The molecule has 0 aliphatic rings. The molecule has 1 N–H and O–H groups in total. The summed E-state index contributed by atoms with van der Waals surface area (Å²) < 4.78 is 20.6. The molecule has 0 atom stereocenters. The molecule has 0 heterocycles. The molecular weight excluding hydrogens is 338 g/mol. The van der Waals surface area contributed by atoms with E-state index in [0.29, 0.717) is 23.8 Å². The van der Waals surface area contributed by atoms with Crippen molar-refractivity contribution in [2.45, 2.75) is 6.54 Å². The minimum atomic E-state index is -0.667. The second-order valence-corrected chi connectivity index (χ2v) is 5.25. The van der Waals surface area contributed by atoms with Gasteiger partial charge in [0.2, 0.25) is 5.75 Å². The third-order valence-corrected chi connectivity index (χ3v) is 3.57. The van der Waals surface area contributed by atoms with Gasteiger partial charge in [-0.1, -0.05) is 30.3 Å². The summed E-state index contributed by atoms with van der Waals surface area (Å²) >= 11 is 0. The van der Waals surface area contributed by atoms with E-state index in [9.17, 15) is 9.59 Å². The van der Waals surface area contributed by atoms with Crippen molar-refractivity contribution in [3.63, 3.8) is 0 Å². The molecule has 2 rings (SSSR count). The summed E-state index contributed by atoms with van der Waals surface area (Å²) in [5.74, 6) is -0.0411. The zero-order valence-corrected chi connectivity index (χ0v) is 14.9. The number of benzene rings is 2. The van der Waals surface area contributed by atoms with Gasteiger partial charge in [-0.2, -0.15) is 0 Å². The first-order valence-corrected chi connectivity index (χ1v) is 7.86. The summed E-state index contributed by atoms with van der Waals surface area (Å²) in [4.78, 5) is 24.0. The van der Waals surface area contributed by atoms with Crippen molar-refractivity contribution < 1.29 is 28.5 Å². The van der Waals surface area contributed by atoms with E-state index in [1.165, 1.54) is 33.5 Å². The normalized spacial score (nSPS) is 9.96. The fourth-order valence-corrected chi connectivity index (χ4v) is 2.26. The summed E-state index contributed by atoms with van der Waals surface area (Å²) in [5, 5.41) is 2.68. The SMILES string of the molecule is COc1cc(C(=O)OCC(=O)NCc2ccccc2)cc(OC)c1OC. The van der Waals surface area contributed by atoms with Crippen LogP contribution in [-0.2, 0) is 16.1 Å². The third kappa shape index (κ3) is 4.89. The molecule has 0 aliphatic carbocycles. The highest BCUT2D eigenvalue weighted by molar-refractivity contribution is 5.92. The molecule has 138 valence electrons. The van der Waals surface area contributed by atoms with Crippen LogP contribution in [0.3, 0.4) is 0 Å². The minimum absolute atomic E-state index is 0.190. The largest absolute Gasteiger partial charge is 0.493 e. The Hall–Kier alpha value is -3.22. The number of hydrogen-bond acceptors (Lipinski definition) is 6. The summed E-state index contributed by atoms with van der Waals surface area (Å²) in [6.07, 6.45) is 0. The second-order valence-electron chi connectivity index (χ2n) is 5.25. The van der Waals surface area contributed by atoms with E-state index < -0.39 is 11.9 Å². The summed E-state index contributed by atoms with van der Waals surface area (Å²) in [7, 11) is 4.36. The van der Waals surface area contributed by atoms with Gasteiger partial charge in [-0.05, 0) is 17.7 Å². The molecule has 7 nitrogen and oxygen atoms in total. The molecule has 0 bridgehead atoms. The van der Waals surface area contributed by atoms with Crippen molar-refractivity contribution in [2.24, 2.45) is 0 Å². The number of hydrogen-bond donors (Lipinski definition) is 1. The van der Waals surface area contributed by atoms with Gasteiger partial charge in [0.1, 0.15) is 0 Å². The van der Waals surface area contributed by atoms with Crippen LogP contribution in [0.2, 0.25) is 0 Å². The average Bonchev–Trinajstić information content (AvgIpc) is 2.69. The Morgan fingerprint density at radius 1 is 0.923 bits per heavy atom. The van der Waals surface area contributed by atoms with E-state index in [4.69, 9.17) is 18.9 Å². The quantitative estimate of drug-likeness (QED) is 0.728. The first kappa shape index (κ1) is 19.1. The number of amides is 1. The van der Waals surface area contributed by atoms with Crippen LogP contribution in [0, 0.1) is 0 Å². The average molecular weight is 359 g/mol. The van der Waals surface area contributed by atoms with E-state index in [1.54, 1.807) is 0 Å². The number of carbonyl (C=O) groups excluding carboxylic acids is 2. The van der Waals surface area contributed by atoms with Crippen LogP contribution in [0.1, 0.15) is 15.9 Å². The molecule has 0 radical (unpaired) electrons. The van der Waals surface area contributed by atoms with Crippen LogP contribution in [0.25, 0.3) is 0 Å². The van der Waals surface area contributed by atoms with Crippen LogP contribution in [0.5, 0.6) is 17.2 Å². The number of ether oxygens (including phenoxy) is 4. The fourth-order valence-electron chi connectivity index (χ4n) is 2.26. The lowest BCUT2D eigenvalue weighted by Crippen LogP contribution is -2.28. The predicted octanol–water partition coefficient (Wildman–Crippen LogP) is 2.19. The maximum absolute atomic E-state index is 12.2. The number of nitrogens with one attached hydrogen (secondary N) is 1. The van der Waals surface area contributed by atoms with Crippen molar-refractivity contribution in [1.29, 1.82) is 0 Å². The van der Waals surface area contributed by atoms with Crippen LogP contribution in [0.15, 0.2) is 42.5 Å². The predicted molar refractivity (Wildman–Crippen MR) is 94.7 cm³/mol. The van der Waals surface area contributed by atoms with Crippen molar-refractivity contribution >= 4 is 11.9 Å². The van der Waals surface area contributed by atoms with E-state index in [2.05, 4.69) is 5.32 Å². The summed E-state index contributed by atoms with van der Waals surface area (Å²) in [6, 6.07) is 12.4. The molecule has 7 heteroatoms. The molecule has 0 saturated carbocycles. The third-order valence-electron chi connectivity index (χ3n) is 3.57. The molecule has 2 aromatic rings. The number of carbonyl (C=O) groups is 2. The Bertz CT molecular complexity index is 735. The Morgan fingerprint density at radius 3 is 2.08 bits per heavy atom. The number of rotatable bonds is 8. The molecule has 0 fully saturated rings. The van der Waals surface area contributed by atoms with Crippen LogP contribution < -0.4 is 19.5 Å². The van der Waals surface area contributed by atoms with E-state index >= 15 is 0 Å². The molecule has 0 aliphatic heterocycles. The van der Waals surface area contributed by atoms with E-state index in [-0.39, 0.29) is 12.2 Å². The van der Waals surface area contributed by atoms with Gasteiger partial charge in [-0.25, -0.2) is 4.79 Å². The molecule has 0 unspecified atom stereocenters. The molecule has 0 aromatic heterocycles. The van der Waals surface area contributed by atoms with Gasteiger partial charge >= 0.3 is 5.97 Å². The highest BCUT2D eigenvalue weighted by Gasteiger charge is 2.18. The highest BCUT2D eigenvalue weighted by Crippen LogP contribution is 2.38. The van der Waals surface area contributed by atoms with Crippen molar-refractivity contribution in [1.82, 2.24) is 5.32 Å². The Balaban J connectivity index is 1.95. The molecule has 0 saturated heterocycles.